The fraction of sp³-hybridized carbons (Fsp3) is 0.517. The SMILES string of the molecule is Cc1cc2nc(N3CCC(C(=O)NC4CCOC4)CC3)n(-c3ccc(CC(C)C)cc3)c2cc1C. The predicted octanol–water partition coefficient (Wildman–Crippen LogP) is 4.96. The Hall–Kier alpha value is -2.86. The summed E-state index contributed by atoms with van der Waals surface area (Å²) in [7, 11) is 0. The van der Waals surface area contributed by atoms with Crippen molar-refractivity contribution >= 4 is 22.9 Å². The highest BCUT2D eigenvalue weighted by atomic mass is 16.5. The van der Waals surface area contributed by atoms with Crippen LogP contribution in [0.25, 0.3) is 16.7 Å². The minimum Gasteiger partial charge on any atom is -0.379 e. The summed E-state index contributed by atoms with van der Waals surface area (Å²) >= 11 is 0. The Morgan fingerprint density at radius 2 is 1.80 bits per heavy atom. The number of rotatable bonds is 6. The zero-order valence-electron chi connectivity index (χ0n) is 21.5. The molecule has 1 amide bonds. The van der Waals surface area contributed by atoms with Crippen LogP contribution in [0.2, 0.25) is 0 Å². The van der Waals surface area contributed by atoms with E-state index in [-0.39, 0.29) is 17.9 Å². The minimum absolute atomic E-state index is 0.0597. The first-order valence-corrected chi connectivity index (χ1v) is 13.1. The zero-order chi connectivity index (χ0) is 24.5. The molecule has 3 heterocycles. The van der Waals surface area contributed by atoms with Crippen LogP contribution in [0.4, 0.5) is 5.95 Å². The highest BCUT2D eigenvalue weighted by molar-refractivity contribution is 5.83. The Kier molecular flexibility index (Phi) is 6.83. The number of carbonyl (C=O) groups excluding carboxylic acids is 1. The van der Waals surface area contributed by atoms with Gasteiger partial charge in [-0.2, -0.15) is 0 Å². The van der Waals surface area contributed by atoms with Crippen LogP contribution in [0.1, 0.15) is 49.8 Å². The summed E-state index contributed by atoms with van der Waals surface area (Å²) in [6.45, 7) is 11.9. The monoisotopic (exact) mass is 474 g/mol. The standard InChI is InChI=1S/C29H38N4O2/c1-19(2)15-22-5-7-25(8-6-22)33-27-17-21(4)20(3)16-26(27)31-29(33)32-12-9-23(10-13-32)28(34)30-24-11-14-35-18-24/h5-8,16-17,19,23-24H,9-15,18H2,1-4H3,(H,30,34). The summed E-state index contributed by atoms with van der Waals surface area (Å²) in [5.41, 5.74) is 7.19. The normalized spacial score (nSPS) is 19.1. The number of carbonyl (C=O) groups is 1. The van der Waals surface area contributed by atoms with Crippen molar-refractivity contribution in [3.8, 4) is 5.69 Å². The predicted molar refractivity (Wildman–Crippen MR) is 141 cm³/mol. The molecule has 186 valence electrons. The first-order chi connectivity index (χ1) is 16.9. The second kappa shape index (κ2) is 10.0. The van der Waals surface area contributed by atoms with Crippen molar-refractivity contribution in [3.05, 3.63) is 53.1 Å². The molecule has 0 radical (unpaired) electrons. The Morgan fingerprint density at radius 1 is 1.09 bits per heavy atom. The van der Waals surface area contributed by atoms with E-state index < -0.39 is 0 Å². The smallest absolute Gasteiger partial charge is 0.223 e. The van der Waals surface area contributed by atoms with Crippen LogP contribution in [-0.2, 0) is 16.0 Å². The largest absolute Gasteiger partial charge is 0.379 e. The van der Waals surface area contributed by atoms with Crippen LogP contribution in [0.5, 0.6) is 0 Å². The Labute approximate surface area is 208 Å². The molecule has 1 unspecified atom stereocenters. The molecule has 3 aromatic rings. The van der Waals surface area contributed by atoms with E-state index in [0.29, 0.717) is 12.5 Å². The zero-order valence-corrected chi connectivity index (χ0v) is 21.5. The lowest BCUT2D eigenvalue weighted by Gasteiger charge is -2.32. The molecule has 2 aromatic carbocycles. The molecule has 0 saturated carbocycles. The number of hydrogen-bond donors (Lipinski definition) is 1. The number of benzene rings is 2. The van der Waals surface area contributed by atoms with E-state index in [1.54, 1.807) is 0 Å². The molecule has 0 spiro atoms. The molecule has 1 aromatic heterocycles. The molecule has 2 fully saturated rings. The third kappa shape index (κ3) is 5.08. The van der Waals surface area contributed by atoms with E-state index in [2.05, 4.69) is 78.9 Å². The fourth-order valence-electron chi connectivity index (χ4n) is 5.35. The van der Waals surface area contributed by atoms with Gasteiger partial charge in [-0.15, -0.1) is 0 Å². The van der Waals surface area contributed by atoms with Gasteiger partial charge in [-0.3, -0.25) is 9.36 Å². The lowest BCUT2D eigenvalue weighted by atomic mass is 9.95. The van der Waals surface area contributed by atoms with Gasteiger partial charge in [-0.1, -0.05) is 26.0 Å². The van der Waals surface area contributed by atoms with Crippen molar-refractivity contribution in [1.82, 2.24) is 14.9 Å². The average molecular weight is 475 g/mol. The van der Waals surface area contributed by atoms with Crippen LogP contribution in [-0.4, -0.2) is 47.8 Å². The van der Waals surface area contributed by atoms with Crippen LogP contribution in [0, 0.1) is 25.7 Å². The molecule has 6 nitrogen and oxygen atoms in total. The highest BCUT2D eigenvalue weighted by Crippen LogP contribution is 2.32. The van der Waals surface area contributed by atoms with Gasteiger partial charge in [0, 0.05) is 31.3 Å². The maximum atomic E-state index is 12.8. The molecule has 2 aliphatic rings. The number of aryl methyl sites for hydroxylation is 2. The van der Waals surface area contributed by atoms with Crippen LogP contribution in [0.15, 0.2) is 36.4 Å². The second-order valence-electron chi connectivity index (χ2n) is 10.8. The molecule has 35 heavy (non-hydrogen) atoms. The number of hydrogen-bond acceptors (Lipinski definition) is 4. The van der Waals surface area contributed by atoms with Crippen LogP contribution in [0.3, 0.4) is 0 Å². The van der Waals surface area contributed by atoms with E-state index >= 15 is 0 Å². The minimum atomic E-state index is 0.0597. The van der Waals surface area contributed by atoms with Crippen molar-refractivity contribution in [3.63, 3.8) is 0 Å². The summed E-state index contributed by atoms with van der Waals surface area (Å²) in [6.07, 6.45) is 3.68. The van der Waals surface area contributed by atoms with Crippen molar-refractivity contribution in [1.29, 1.82) is 0 Å². The Bertz CT molecular complexity index is 1180. The summed E-state index contributed by atoms with van der Waals surface area (Å²) in [5.74, 6) is 1.85. The van der Waals surface area contributed by atoms with E-state index in [0.717, 1.165) is 68.0 Å². The fourth-order valence-corrected chi connectivity index (χ4v) is 5.35. The number of piperidine rings is 1. The molecular weight excluding hydrogens is 436 g/mol. The highest BCUT2D eigenvalue weighted by Gasteiger charge is 2.30. The number of aromatic nitrogens is 2. The lowest BCUT2D eigenvalue weighted by molar-refractivity contribution is -0.126. The van der Waals surface area contributed by atoms with Gasteiger partial charge in [-0.05, 0) is 86.4 Å². The van der Waals surface area contributed by atoms with Crippen molar-refractivity contribution in [2.45, 2.75) is 59.4 Å². The van der Waals surface area contributed by atoms with Gasteiger partial charge in [0.25, 0.3) is 0 Å². The summed E-state index contributed by atoms with van der Waals surface area (Å²) < 4.78 is 7.72. The number of nitrogens with zero attached hydrogens (tertiary/aromatic N) is 3. The third-order valence-corrected chi connectivity index (χ3v) is 7.52. The molecule has 5 rings (SSSR count). The molecule has 0 aliphatic carbocycles. The van der Waals surface area contributed by atoms with Crippen molar-refractivity contribution in [2.24, 2.45) is 11.8 Å². The van der Waals surface area contributed by atoms with E-state index in [1.807, 2.05) is 0 Å². The molecular formula is C29H38N4O2. The lowest BCUT2D eigenvalue weighted by Crippen LogP contribution is -2.44. The Morgan fingerprint density at radius 3 is 2.46 bits per heavy atom. The summed E-state index contributed by atoms with van der Waals surface area (Å²) in [4.78, 5) is 20.3. The second-order valence-corrected chi connectivity index (χ2v) is 10.8. The quantitative estimate of drug-likeness (QED) is 0.548. The van der Waals surface area contributed by atoms with Gasteiger partial charge < -0.3 is 15.0 Å². The van der Waals surface area contributed by atoms with E-state index in [4.69, 9.17) is 9.72 Å². The number of nitrogens with one attached hydrogen (secondary N) is 1. The van der Waals surface area contributed by atoms with Crippen LogP contribution < -0.4 is 10.2 Å². The number of amides is 1. The topological polar surface area (TPSA) is 59.4 Å². The van der Waals surface area contributed by atoms with Crippen molar-refractivity contribution in [2.75, 3.05) is 31.2 Å². The molecule has 2 aliphatic heterocycles. The number of ether oxygens (including phenoxy) is 1. The molecule has 1 atom stereocenters. The molecule has 2 saturated heterocycles. The first kappa shape index (κ1) is 23.9. The average Bonchev–Trinajstić information content (AvgIpc) is 3.47. The number of anilines is 1. The van der Waals surface area contributed by atoms with Crippen molar-refractivity contribution < 1.29 is 9.53 Å². The summed E-state index contributed by atoms with van der Waals surface area (Å²) in [5, 5.41) is 3.19. The van der Waals surface area contributed by atoms with Crippen LogP contribution >= 0.6 is 0 Å². The van der Waals surface area contributed by atoms with Gasteiger partial charge in [0.15, 0.2) is 0 Å². The third-order valence-electron chi connectivity index (χ3n) is 7.52. The maximum Gasteiger partial charge on any atom is 0.223 e. The van der Waals surface area contributed by atoms with Gasteiger partial charge in [0.05, 0.1) is 23.7 Å². The van der Waals surface area contributed by atoms with Gasteiger partial charge >= 0.3 is 0 Å². The van der Waals surface area contributed by atoms with Gasteiger partial charge in [0.1, 0.15) is 0 Å². The first-order valence-electron chi connectivity index (χ1n) is 13.1. The van der Waals surface area contributed by atoms with Gasteiger partial charge in [-0.25, -0.2) is 4.98 Å². The molecule has 1 N–H and O–H groups in total. The maximum absolute atomic E-state index is 12.8. The van der Waals surface area contributed by atoms with E-state index in [9.17, 15) is 4.79 Å². The van der Waals surface area contributed by atoms with E-state index in [1.165, 1.54) is 16.7 Å². The number of fused-ring (bicyclic) bond motifs is 1. The number of imidazole rings is 1. The molecule has 6 heteroatoms. The summed E-state index contributed by atoms with van der Waals surface area (Å²) in [6, 6.07) is 13.6. The molecule has 0 bridgehead atoms. The Balaban J connectivity index is 1.41. The van der Waals surface area contributed by atoms with Gasteiger partial charge in [0.2, 0.25) is 11.9 Å².